The highest BCUT2D eigenvalue weighted by Crippen LogP contribution is 2.08. The number of hydrogen-bond donors (Lipinski definition) is 2. The third-order valence-corrected chi connectivity index (χ3v) is 2.79. The van der Waals surface area contributed by atoms with Crippen LogP contribution in [0.2, 0.25) is 0 Å². The summed E-state index contributed by atoms with van der Waals surface area (Å²) in [5.74, 6) is 1.46. The molecule has 0 spiro atoms. The lowest BCUT2D eigenvalue weighted by Gasteiger charge is -2.11. The van der Waals surface area contributed by atoms with Gasteiger partial charge in [0, 0.05) is 26.3 Å². The SMILES string of the molecule is COCC(O)CNc1ccnc(Cc2ccccc2)n1. The van der Waals surface area contributed by atoms with Crippen molar-refractivity contribution in [3.63, 3.8) is 0 Å². The van der Waals surface area contributed by atoms with E-state index >= 15 is 0 Å². The van der Waals surface area contributed by atoms with Crippen molar-refractivity contribution < 1.29 is 9.84 Å². The highest BCUT2D eigenvalue weighted by molar-refractivity contribution is 5.33. The van der Waals surface area contributed by atoms with Gasteiger partial charge in [-0.05, 0) is 11.6 Å². The maximum absolute atomic E-state index is 9.58. The van der Waals surface area contributed by atoms with Gasteiger partial charge in [-0.2, -0.15) is 0 Å². The van der Waals surface area contributed by atoms with E-state index in [-0.39, 0.29) is 0 Å². The molecule has 0 radical (unpaired) electrons. The molecule has 0 saturated heterocycles. The van der Waals surface area contributed by atoms with E-state index in [1.807, 2.05) is 30.3 Å². The molecule has 1 aromatic heterocycles. The number of aliphatic hydroxyl groups excluding tert-OH is 1. The zero-order chi connectivity index (χ0) is 14.2. The molecule has 1 atom stereocenters. The predicted molar refractivity (Wildman–Crippen MR) is 77.7 cm³/mol. The van der Waals surface area contributed by atoms with E-state index in [1.54, 1.807) is 19.4 Å². The van der Waals surface area contributed by atoms with Crippen molar-refractivity contribution >= 4 is 5.82 Å². The first kappa shape index (κ1) is 14.4. The van der Waals surface area contributed by atoms with Crippen LogP contribution in [0.4, 0.5) is 5.82 Å². The highest BCUT2D eigenvalue weighted by Gasteiger charge is 2.05. The van der Waals surface area contributed by atoms with Gasteiger partial charge in [0.05, 0.1) is 12.7 Å². The summed E-state index contributed by atoms with van der Waals surface area (Å²) in [6.07, 6.45) is 1.86. The summed E-state index contributed by atoms with van der Waals surface area (Å²) in [5, 5.41) is 12.7. The zero-order valence-electron chi connectivity index (χ0n) is 11.5. The van der Waals surface area contributed by atoms with Crippen LogP contribution in [0.25, 0.3) is 0 Å². The molecule has 0 aliphatic carbocycles. The van der Waals surface area contributed by atoms with Crippen molar-refractivity contribution in [2.45, 2.75) is 12.5 Å². The van der Waals surface area contributed by atoms with Crippen molar-refractivity contribution in [1.82, 2.24) is 9.97 Å². The van der Waals surface area contributed by atoms with Gasteiger partial charge in [-0.15, -0.1) is 0 Å². The first-order valence-electron chi connectivity index (χ1n) is 6.54. The van der Waals surface area contributed by atoms with Gasteiger partial charge in [-0.3, -0.25) is 0 Å². The summed E-state index contributed by atoms with van der Waals surface area (Å²) in [6, 6.07) is 11.9. The maximum Gasteiger partial charge on any atom is 0.135 e. The Balaban J connectivity index is 1.94. The van der Waals surface area contributed by atoms with Crippen LogP contribution in [0.3, 0.4) is 0 Å². The van der Waals surface area contributed by atoms with Crippen LogP contribution in [0.1, 0.15) is 11.4 Å². The van der Waals surface area contributed by atoms with Crippen LogP contribution in [0, 0.1) is 0 Å². The van der Waals surface area contributed by atoms with Gasteiger partial charge in [0.2, 0.25) is 0 Å². The first-order chi connectivity index (χ1) is 9.78. The molecule has 2 aromatic rings. The van der Waals surface area contributed by atoms with E-state index in [1.165, 1.54) is 5.56 Å². The van der Waals surface area contributed by atoms with Gasteiger partial charge >= 0.3 is 0 Å². The number of anilines is 1. The van der Waals surface area contributed by atoms with Crippen LogP contribution in [-0.2, 0) is 11.2 Å². The van der Waals surface area contributed by atoms with Gasteiger partial charge in [0.1, 0.15) is 11.6 Å². The molecule has 5 nitrogen and oxygen atoms in total. The molecule has 1 unspecified atom stereocenters. The lowest BCUT2D eigenvalue weighted by Crippen LogP contribution is -2.24. The number of rotatable bonds is 7. The minimum atomic E-state index is -0.549. The monoisotopic (exact) mass is 273 g/mol. The van der Waals surface area contributed by atoms with E-state index in [0.29, 0.717) is 25.4 Å². The summed E-state index contributed by atoms with van der Waals surface area (Å²) < 4.78 is 4.87. The van der Waals surface area contributed by atoms with Crippen LogP contribution in [-0.4, -0.2) is 41.4 Å². The molecule has 0 aliphatic rings. The number of hydrogen-bond acceptors (Lipinski definition) is 5. The molecule has 0 aliphatic heterocycles. The second-order valence-corrected chi connectivity index (χ2v) is 4.51. The fourth-order valence-corrected chi connectivity index (χ4v) is 1.83. The molecule has 2 N–H and O–H groups in total. The van der Waals surface area contributed by atoms with Crippen LogP contribution in [0.5, 0.6) is 0 Å². The Morgan fingerprint density at radius 2 is 2.05 bits per heavy atom. The van der Waals surface area contributed by atoms with Crippen molar-refractivity contribution in [2.24, 2.45) is 0 Å². The number of nitrogens with one attached hydrogen (secondary N) is 1. The number of benzene rings is 1. The van der Waals surface area contributed by atoms with E-state index in [2.05, 4.69) is 15.3 Å². The minimum Gasteiger partial charge on any atom is -0.389 e. The summed E-state index contributed by atoms with van der Waals surface area (Å²) >= 11 is 0. The smallest absolute Gasteiger partial charge is 0.135 e. The normalized spacial score (nSPS) is 12.1. The molecule has 0 saturated carbocycles. The van der Waals surface area contributed by atoms with E-state index < -0.39 is 6.10 Å². The van der Waals surface area contributed by atoms with Crippen molar-refractivity contribution in [3.8, 4) is 0 Å². The lowest BCUT2D eigenvalue weighted by atomic mass is 10.1. The van der Waals surface area contributed by atoms with Gasteiger partial charge in [-0.25, -0.2) is 9.97 Å². The first-order valence-corrected chi connectivity index (χ1v) is 6.54. The van der Waals surface area contributed by atoms with Gasteiger partial charge in [0.25, 0.3) is 0 Å². The second-order valence-electron chi connectivity index (χ2n) is 4.51. The lowest BCUT2D eigenvalue weighted by molar-refractivity contribution is 0.0727. The standard InChI is InChI=1S/C15H19N3O2/c1-20-11-13(19)10-17-14-7-8-16-15(18-14)9-12-5-3-2-4-6-12/h2-8,13,19H,9-11H2,1H3,(H,16,17,18). The van der Waals surface area contributed by atoms with Crippen molar-refractivity contribution in [2.75, 3.05) is 25.6 Å². The molecule has 1 aromatic carbocycles. The number of nitrogens with zero attached hydrogens (tertiary/aromatic N) is 2. The largest absolute Gasteiger partial charge is 0.389 e. The molecular formula is C15H19N3O2. The predicted octanol–water partition coefficient (Wildman–Crippen LogP) is 1.49. The topological polar surface area (TPSA) is 67.3 Å². The Morgan fingerprint density at radius 1 is 1.25 bits per heavy atom. The zero-order valence-corrected chi connectivity index (χ0v) is 11.5. The molecule has 0 bridgehead atoms. The van der Waals surface area contributed by atoms with Crippen molar-refractivity contribution in [1.29, 1.82) is 0 Å². The molecule has 5 heteroatoms. The van der Waals surface area contributed by atoms with Crippen molar-refractivity contribution in [3.05, 3.63) is 54.0 Å². The van der Waals surface area contributed by atoms with E-state index in [4.69, 9.17) is 4.74 Å². The molecule has 106 valence electrons. The molecule has 20 heavy (non-hydrogen) atoms. The summed E-state index contributed by atoms with van der Waals surface area (Å²) in [5.41, 5.74) is 1.17. The number of methoxy groups -OCH3 is 1. The van der Waals surface area contributed by atoms with Crippen LogP contribution in [0.15, 0.2) is 42.6 Å². The quantitative estimate of drug-likeness (QED) is 0.800. The summed E-state index contributed by atoms with van der Waals surface area (Å²) in [6.45, 7) is 0.699. The highest BCUT2D eigenvalue weighted by atomic mass is 16.5. The third kappa shape index (κ3) is 4.60. The second kappa shape index (κ2) is 7.57. The average Bonchev–Trinajstić information content (AvgIpc) is 2.47. The Bertz CT molecular complexity index is 520. The fraction of sp³-hybridized carbons (Fsp3) is 0.333. The van der Waals surface area contributed by atoms with Crippen LogP contribution < -0.4 is 5.32 Å². The Hall–Kier alpha value is -1.98. The van der Waals surface area contributed by atoms with E-state index in [0.717, 1.165) is 5.82 Å². The Morgan fingerprint density at radius 3 is 2.80 bits per heavy atom. The number of aliphatic hydroxyl groups is 1. The molecule has 0 amide bonds. The molecule has 0 fully saturated rings. The summed E-state index contributed by atoms with van der Waals surface area (Å²) in [7, 11) is 1.56. The summed E-state index contributed by atoms with van der Waals surface area (Å²) in [4.78, 5) is 8.69. The average molecular weight is 273 g/mol. The Kier molecular flexibility index (Phi) is 5.46. The molecular weight excluding hydrogens is 254 g/mol. The maximum atomic E-state index is 9.58. The van der Waals surface area contributed by atoms with E-state index in [9.17, 15) is 5.11 Å². The van der Waals surface area contributed by atoms with Gasteiger partial charge in [-0.1, -0.05) is 30.3 Å². The van der Waals surface area contributed by atoms with Gasteiger partial charge < -0.3 is 15.2 Å². The fourth-order valence-electron chi connectivity index (χ4n) is 1.83. The third-order valence-electron chi connectivity index (χ3n) is 2.79. The van der Waals surface area contributed by atoms with Gasteiger partial charge in [0.15, 0.2) is 0 Å². The minimum absolute atomic E-state index is 0.301. The van der Waals surface area contributed by atoms with Crippen LogP contribution >= 0.6 is 0 Å². The number of aromatic nitrogens is 2. The molecule has 1 heterocycles. The molecule has 2 rings (SSSR count). The Labute approximate surface area is 118 Å². The number of ether oxygens (including phenoxy) is 1.